The zero-order chi connectivity index (χ0) is 20.6. The zero-order valence-electron chi connectivity index (χ0n) is 16.8. The number of carbonyl (C=O) groups excluding carboxylic acids is 2. The highest BCUT2D eigenvalue weighted by atomic mass is 32.2. The minimum atomic E-state index is -0.587. The molecule has 0 saturated heterocycles. The van der Waals surface area contributed by atoms with Gasteiger partial charge < -0.3 is 15.4 Å². The first-order chi connectivity index (χ1) is 13.2. The predicted octanol–water partition coefficient (Wildman–Crippen LogP) is 3.78. The molecule has 0 aliphatic heterocycles. The lowest BCUT2D eigenvalue weighted by Gasteiger charge is -2.25. The van der Waals surface area contributed by atoms with E-state index in [9.17, 15) is 9.59 Å². The number of hydrogen-bond acceptors (Lipinski definition) is 4. The molecule has 0 aromatic heterocycles. The van der Waals surface area contributed by atoms with Crippen LogP contribution in [0, 0.1) is 0 Å². The molecule has 150 valence electrons. The van der Waals surface area contributed by atoms with E-state index in [4.69, 9.17) is 4.74 Å². The molecule has 2 aromatic rings. The molecule has 0 spiro atoms. The van der Waals surface area contributed by atoms with E-state index in [0.29, 0.717) is 12.4 Å². The fourth-order valence-corrected chi connectivity index (χ4v) is 3.36. The van der Waals surface area contributed by atoms with Gasteiger partial charge in [-0.3, -0.25) is 9.59 Å². The van der Waals surface area contributed by atoms with Gasteiger partial charge in [-0.15, -0.1) is 11.8 Å². The molecule has 0 bridgehead atoms. The van der Waals surface area contributed by atoms with Crippen molar-refractivity contribution in [2.75, 3.05) is 5.75 Å². The van der Waals surface area contributed by atoms with Crippen molar-refractivity contribution >= 4 is 23.6 Å². The van der Waals surface area contributed by atoms with Gasteiger partial charge in [0, 0.05) is 23.1 Å². The maximum Gasteiger partial charge on any atom is 0.243 e. The molecule has 5 nitrogen and oxygen atoms in total. The van der Waals surface area contributed by atoms with E-state index in [-0.39, 0.29) is 17.4 Å². The molecule has 2 N–H and O–H groups in total. The van der Waals surface area contributed by atoms with Crippen molar-refractivity contribution < 1.29 is 14.3 Å². The van der Waals surface area contributed by atoms with E-state index in [0.717, 1.165) is 16.2 Å². The third-order valence-electron chi connectivity index (χ3n) is 3.68. The maximum atomic E-state index is 12.4. The van der Waals surface area contributed by atoms with Crippen LogP contribution in [0.15, 0.2) is 59.5 Å². The fourth-order valence-electron chi connectivity index (χ4n) is 2.44. The van der Waals surface area contributed by atoms with Crippen LogP contribution >= 0.6 is 11.8 Å². The van der Waals surface area contributed by atoms with Crippen LogP contribution in [0.1, 0.15) is 33.3 Å². The molecule has 0 aliphatic rings. The summed E-state index contributed by atoms with van der Waals surface area (Å²) in [5.74, 6) is 0.834. The van der Waals surface area contributed by atoms with E-state index in [2.05, 4.69) is 10.6 Å². The number of amides is 2. The van der Waals surface area contributed by atoms with Crippen LogP contribution in [0.25, 0.3) is 0 Å². The monoisotopic (exact) mass is 400 g/mol. The first-order valence-corrected chi connectivity index (χ1v) is 10.2. The molecule has 0 aliphatic carbocycles. The Morgan fingerprint density at radius 1 is 1.04 bits per heavy atom. The van der Waals surface area contributed by atoms with E-state index in [1.807, 2.05) is 75.4 Å². The molecule has 1 unspecified atom stereocenters. The Kier molecular flexibility index (Phi) is 7.93. The summed E-state index contributed by atoms with van der Waals surface area (Å²) in [6.45, 7) is 7.68. The highest BCUT2D eigenvalue weighted by Gasteiger charge is 2.23. The normalized spacial score (nSPS) is 12.1. The number of thioether (sulfide) groups is 1. The number of rotatable bonds is 8. The Morgan fingerprint density at radius 2 is 1.68 bits per heavy atom. The molecule has 2 rings (SSSR count). The van der Waals surface area contributed by atoms with Gasteiger partial charge >= 0.3 is 0 Å². The second-order valence-electron chi connectivity index (χ2n) is 7.55. The Labute approximate surface area is 171 Å². The van der Waals surface area contributed by atoms with Crippen LogP contribution in [0.2, 0.25) is 0 Å². The van der Waals surface area contributed by atoms with Crippen molar-refractivity contribution in [3.8, 4) is 5.75 Å². The van der Waals surface area contributed by atoms with E-state index in [1.54, 1.807) is 0 Å². The van der Waals surface area contributed by atoms with Gasteiger partial charge in [-0.1, -0.05) is 30.3 Å². The van der Waals surface area contributed by atoms with Crippen LogP contribution in [-0.4, -0.2) is 29.1 Å². The Hall–Kier alpha value is -2.47. The third kappa shape index (κ3) is 8.05. The van der Waals surface area contributed by atoms with Crippen molar-refractivity contribution in [2.45, 2.75) is 50.8 Å². The summed E-state index contributed by atoms with van der Waals surface area (Å²) in [5.41, 5.74) is 0.764. The van der Waals surface area contributed by atoms with Crippen molar-refractivity contribution in [1.29, 1.82) is 0 Å². The van der Waals surface area contributed by atoms with Gasteiger partial charge in [0.25, 0.3) is 0 Å². The Morgan fingerprint density at radius 3 is 2.25 bits per heavy atom. The minimum Gasteiger partial charge on any atom is -0.489 e. The van der Waals surface area contributed by atoms with Gasteiger partial charge in [-0.2, -0.15) is 0 Å². The average molecular weight is 401 g/mol. The standard InChI is InChI=1S/C22H28N2O3S/c1-16(25)23-20(21(26)24-22(2,3)4)15-28-19-12-10-18(11-13-19)27-14-17-8-6-5-7-9-17/h5-13,20H,14-15H2,1-4H3,(H,23,25)(H,24,26). The number of nitrogens with one attached hydrogen (secondary N) is 2. The molecule has 28 heavy (non-hydrogen) atoms. The largest absolute Gasteiger partial charge is 0.489 e. The first-order valence-electron chi connectivity index (χ1n) is 9.22. The van der Waals surface area contributed by atoms with Crippen LogP contribution < -0.4 is 15.4 Å². The molecule has 2 aromatic carbocycles. The van der Waals surface area contributed by atoms with Gasteiger partial charge in [0.15, 0.2) is 0 Å². The van der Waals surface area contributed by atoms with Crippen LogP contribution in [0.3, 0.4) is 0 Å². The molecule has 0 radical (unpaired) electrons. The third-order valence-corrected chi connectivity index (χ3v) is 4.79. The first kappa shape index (κ1) is 21.8. The Bertz CT molecular complexity index is 771. The topological polar surface area (TPSA) is 67.4 Å². The molecule has 1 atom stereocenters. The lowest BCUT2D eigenvalue weighted by Crippen LogP contribution is -2.52. The van der Waals surface area contributed by atoms with Gasteiger partial charge in [0.1, 0.15) is 18.4 Å². The quantitative estimate of drug-likeness (QED) is 0.662. The zero-order valence-corrected chi connectivity index (χ0v) is 17.6. The predicted molar refractivity (Wildman–Crippen MR) is 113 cm³/mol. The van der Waals surface area contributed by atoms with Crippen molar-refractivity contribution in [3.05, 3.63) is 60.2 Å². The summed E-state index contributed by atoms with van der Waals surface area (Å²) in [7, 11) is 0. The SMILES string of the molecule is CC(=O)NC(CSc1ccc(OCc2ccccc2)cc1)C(=O)NC(C)(C)C. The van der Waals surface area contributed by atoms with Gasteiger partial charge in [0.2, 0.25) is 11.8 Å². The minimum absolute atomic E-state index is 0.182. The summed E-state index contributed by atoms with van der Waals surface area (Å²) >= 11 is 1.52. The van der Waals surface area contributed by atoms with Gasteiger partial charge in [-0.25, -0.2) is 0 Å². The number of hydrogen-bond donors (Lipinski definition) is 2. The van der Waals surface area contributed by atoms with Crippen molar-refractivity contribution in [1.82, 2.24) is 10.6 Å². The molecule has 0 heterocycles. The van der Waals surface area contributed by atoms with Crippen molar-refractivity contribution in [2.24, 2.45) is 0 Å². The van der Waals surface area contributed by atoms with E-state index in [1.165, 1.54) is 18.7 Å². The second kappa shape index (κ2) is 10.2. The van der Waals surface area contributed by atoms with Crippen molar-refractivity contribution in [3.63, 3.8) is 0 Å². The lowest BCUT2D eigenvalue weighted by atomic mass is 10.1. The van der Waals surface area contributed by atoms with Crippen LogP contribution in [-0.2, 0) is 16.2 Å². The molecular weight excluding hydrogens is 372 g/mol. The number of carbonyl (C=O) groups is 2. The summed E-state index contributed by atoms with van der Waals surface area (Å²) in [6, 6.07) is 17.1. The average Bonchev–Trinajstić information content (AvgIpc) is 2.63. The van der Waals surface area contributed by atoms with E-state index >= 15 is 0 Å². The van der Waals surface area contributed by atoms with Gasteiger partial charge in [-0.05, 0) is 50.6 Å². The summed E-state index contributed by atoms with van der Waals surface area (Å²) in [6.07, 6.45) is 0. The summed E-state index contributed by atoms with van der Waals surface area (Å²) in [4.78, 5) is 24.9. The van der Waals surface area contributed by atoms with Gasteiger partial charge in [0.05, 0.1) is 0 Å². The van der Waals surface area contributed by atoms with Crippen LogP contribution in [0.4, 0.5) is 0 Å². The molecule has 0 fully saturated rings. The Balaban J connectivity index is 1.90. The molecule has 6 heteroatoms. The maximum absolute atomic E-state index is 12.4. The fraction of sp³-hybridized carbons (Fsp3) is 0.364. The molecule has 0 saturated carbocycles. The lowest BCUT2D eigenvalue weighted by molar-refractivity contribution is -0.128. The molecule has 2 amide bonds. The summed E-state index contributed by atoms with van der Waals surface area (Å²) < 4.78 is 5.79. The second-order valence-corrected chi connectivity index (χ2v) is 8.64. The van der Waals surface area contributed by atoms with E-state index < -0.39 is 6.04 Å². The smallest absolute Gasteiger partial charge is 0.243 e. The highest BCUT2D eigenvalue weighted by Crippen LogP contribution is 2.23. The molecular formula is C22H28N2O3S. The highest BCUT2D eigenvalue weighted by molar-refractivity contribution is 7.99. The number of benzene rings is 2. The number of ether oxygens (including phenoxy) is 1. The summed E-state index contributed by atoms with van der Waals surface area (Å²) in [5, 5.41) is 5.64. The van der Waals surface area contributed by atoms with Crippen LogP contribution in [0.5, 0.6) is 5.75 Å².